The number of thioether (sulfide) groups is 1. The summed E-state index contributed by atoms with van der Waals surface area (Å²) in [7, 11) is -4.79. The SMILES string of the molecule is CCN1CCN(C(=O)NC(CCl)C(=O)N[C@@H]2C(=O)N(S(=O)(=O)O)[C@@H]2SC)C(=O)C1=O. The first-order valence-corrected chi connectivity index (χ1v) is 11.8. The Morgan fingerprint density at radius 2 is 1.90 bits per heavy atom. The van der Waals surface area contributed by atoms with Crippen LogP contribution < -0.4 is 10.6 Å². The lowest BCUT2D eigenvalue weighted by atomic mass is 10.1. The number of rotatable bonds is 7. The number of likely N-dealkylation sites (N-methyl/N-ethyl adjacent to an activating group) is 1. The Labute approximate surface area is 181 Å². The van der Waals surface area contributed by atoms with Gasteiger partial charge in [0.2, 0.25) is 5.91 Å². The van der Waals surface area contributed by atoms with Crippen molar-refractivity contribution in [1.29, 1.82) is 0 Å². The zero-order valence-electron chi connectivity index (χ0n) is 15.9. The first-order valence-electron chi connectivity index (χ1n) is 8.59. The highest BCUT2D eigenvalue weighted by Gasteiger charge is 2.54. The van der Waals surface area contributed by atoms with Crippen LogP contribution in [0.25, 0.3) is 0 Å². The summed E-state index contributed by atoms with van der Waals surface area (Å²) in [5.41, 5.74) is 0. The van der Waals surface area contributed by atoms with Crippen LogP contribution in [0.2, 0.25) is 0 Å². The van der Waals surface area contributed by atoms with Crippen LogP contribution in [0.4, 0.5) is 4.79 Å². The standard InChI is InChI=1S/C14H20ClN5O8S2/c1-3-18-4-5-19(12(24)11(18)23)14(25)16-7(6-15)9(21)17-8-10(22)20(13(8)29-2)30(26,27)28/h7-8,13H,3-6H2,1-2H3,(H,16,25)(H,17,21)(H,26,27,28)/t7?,8-,13-/m1/s1. The lowest BCUT2D eigenvalue weighted by Gasteiger charge is -2.43. The molecule has 0 bridgehead atoms. The zero-order valence-corrected chi connectivity index (χ0v) is 18.3. The van der Waals surface area contributed by atoms with E-state index >= 15 is 0 Å². The van der Waals surface area contributed by atoms with Crippen LogP contribution in [0.5, 0.6) is 0 Å². The predicted molar refractivity (Wildman–Crippen MR) is 105 cm³/mol. The number of nitrogens with zero attached hydrogens (tertiary/aromatic N) is 3. The van der Waals surface area contributed by atoms with Gasteiger partial charge in [0, 0.05) is 19.6 Å². The third-order valence-corrected chi connectivity index (χ3v) is 6.80. The van der Waals surface area contributed by atoms with E-state index in [0.29, 0.717) is 11.4 Å². The van der Waals surface area contributed by atoms with Crippen molar-refractivity contribution in [2.75, 3.05) is 31.8 Å². The minimum Gasteiger partial charge on any atom is -0.340 e. The molecule has 0 saturated carbocycles. The molecule has 3 N–H and O–H groups in total. The quantitative estimate of drug-likeness (QED) is 0.157. The Morgan fingerprint density at radius 1 is 1.27 bits per heavy atom. The molecule has 13 nitrogen and oxygen atoms in total. The molecule has 0 aromatic carbocycles. The van der Waals surface area contributed by atoms with Crippen LogP contribution in [0.1, 0.15) is 6.92 Å². The summed E-state index contributed by atoms with van der Waals surface area (Å²) < 4.78 is 31.7. The highest BCUT2D eigenvalue weighted by atomic mass is 35.5. The van der Waals surface area contributed by atoms with Gasteiger partial charge >= 0.3 is 28.1 Å². The Morgan fingerprint density at radius 3 is 2.40 bits per heavy atom. The van der Waals surface area contributed by atoms with Crippen molar-refractivity contribution in [3.8, 4) is 0 Å². The average Bonchev–Trinajstić information content (AvgIpc) is 2.68. The lowest BCUT2D eigenvalue weighted by Crippen LogP contribution is -2.72. The Hall–Kier alpha value is -2.10. The molecule has 2 aliphatic heterocycles. The largest absolute Gasteiger partial charge is 0.363 e. The summed E-state index contributed by atoms with van der Waals surface area (Å²) >= 11 is 6.61. The van der Waals surface area contributed by atoms with E-state index in [4.69, 9.17) is 16.2 Å². The molecule has 0 radical (unpaired) electrons. The number of hydrogen-bond donors (Lipinski definition) is 3. The Kier molecular flexibility index (Phi) is 7.54. The van der Waals surface area contributed by atoms with Gasteiger partial charge in [-0.1, -0.05) is 0 Å². The van der Waals surface area contributed by atoms with Crippen molar-refractivity contribution in [1.82, 2.24) is 24.7 Å². The second-order valence-corrected chi connectivity index (χ2v) is 8.77. The van der Waals surface area contributed by atoms with Crippen LogP contribution in [0, 0.1) is 0 Å². The third kappa shape index (κ3) is 4.63. The number of halogens is 1. The number of carbonyl (C=O) groups is 5. The molecule has 168 valence electrons. The fourth-order valence-corrected chi connectivity index (χ4v) is 5.15. The number of β-lactam (4-membered cyclic amide) rings is 1. The lowest BCUT2D eigenvalue weighted by molar-refractivity contribution is -0.153. The van der Waals surface area contributed by atoms with Gasteiger partial charge in [-0.05, 0) is 13.2 Å². The maximum absolute atomic E-state index is 12.4. The molecule has 0 aliphatic carbocycles. The molecule has 3 atom stereocenters. The predicted octanol–water partition coefficient (Wildman–Crippen LogP) is -2.19. The highest BCUT2D eigenvalue weighted by Crippen LogP contribution is 2.30. The summed E-state index contributed by atoms with van der Waals surface area (Å²) in [5, 5.41) is 3.40. The smallest absolute Gasteiger partial charge is 0.340 e. The highest BCUT2D eigenvalue weighted by molar-refractivity contribution is 8.00. The topological polar surface area (TPSA) is 173 Å². The van der Waals surface area contributed by atoms with Crippen LogP contribution >= 0.6 is 23.4 Å². The van der Waals surface area contributed by atoms with E-state index in [1.54, 1.807) is 6.92 Å². The molecule has 2 rings (SSSR count). The van der Waals surface area contributed by atoms with Crippen molar-refractivity contribution >= 4 is 63.3 Å². The van der Waals surface area contributed by atoms with Crippen molar-refractivity contribution < 1.29 is 36.9 Å². The molecule has 0 aromatic heterocycles. The van der Waals surface area contributed by atoms with Crippen molar-refractivity contribution in [2.45, 2.75) is 24.4 Å². The molecule has 0 spiro atoms. The van der Waals surface area contributed by atoms with Gasteiger partial charge in [0.05, 0.1) is 5.88 Å². The van der Waals surface area contributed by atoms with Gasteiger partial charge in [0.1, 0.15) is 17.5 Å². The van der Waals surface area contributed by atoms with Gasteiger partial charge in [0.15, 0.2) is 0 Å². The molecule has 0 aromatic rings. The monoisotopic (exact) mass is 485 g/mol. The van der Waals surface area contributed by atoms with Crippen LogP contribution in [0.3, 0.4) is 0 Å². The molecular formula is C14H20ClN5O8S2. The summed E-state index contributed by atoms with van der Waals surface area (Å²) in [6.07, 6.45) is 1.47. The first-order chi connectivity index (χ1) is 14.0. The molecule has 6 amide bonds. The van der Waals surface area contributed by atoms with Crippen molar-refractivity contribution in [2.24, 2.45) is 0 Å². The first kappa shape index (κ1) is 24.2. The average molecular weight is 486 g/mol. The van der Waals surface area contributed by atoms with Gasteiger partial charge in [-0.2, -0.15) is 12.7 Å². The normalized spacial score (nSPS) is 23.2. The molecule has 2 aliphatic rings. The number of amides is 6. The fraction of sp³-hybridized carbons (Fsp3) is 0.643. The van der Waals surface area contributed by atoms with Gasteiger partial charge in [-0.15, -0.1) is 23.4 Å². The maximum atomic E-state index is 12.4. The van der Waals surface area contributed by atoms with Crippen LogP contribution in [-0.4, -0.2) is 106 Å². The van der Waals surface area contributed by atoms with E-state index in [2.05, 4.69) is 10.6 Å². The number of imide groups is 1. The molecule has 1 unspecified atom stereocenters. The van der Waals surface area contributed by atoms with Gasteiger partial charge < -0.3 is 15.5 Å². The van der Waals surface area contributed by atoms with Gasteiger partial charge in [0.25, 0.3) is 5.91 Å². The zero-order chi connectivity index (χ0) is 22.8. The number of nitrogens with one attached hydrogen (secondary N) is 2. The van der Waals surface area contributed by atoms with E-state index in [9.17, 15) is 32.4 Å². The number of piperazine rings is 1. The Bertz CT molecular complexity index is 868. The molecule has 2 heterocycles. The number of hydrogen-bond acceptors (Lipinski definition) is 8. The maximum Gasteiger partial charge on any atom is 0.363 e. The summed E-state index contributed by atoms with van der Waals surface area (Å²) in [4.78, 5) is 62.6. The van der Waals surface area contributed by atoms with Gasteiger partial charge in [-0.25, -0.2) is 4.79 Å². The third-order valence-electron chi connectivity index (χ3n) is 4.49. The second kappa shape index (κ2) is 9.36. The number of carbonyl (C=O) groups excluding carboxylic acids is 5. The summed E-state index contributed by atoms with van der Waals surface area (Å²) in [6.45, 7) is 2.06. The Balaban J connectivity index is 2.02. The molecule has 16 heteroatoms. The molecular weight excluding hydrogens is 466 g/mol. The molecule has 30 heavy (non-hydrogen) atoms. The van der Waals surface area contributed by atoms with Crippen LogP contribution in [0.15, 0.2) is 0 Å². The number of urea groups is 1. The van der Waals surface area contributed by atoms with E-state index in [1.807, 2.05) is 0 Å². The summed E-state index contributed by atoms with van der Waals surface area (Å²) in [5.74, 6) is -4.28. The molecule has 2 saturated heterocycles. The van der Waals surface area contributed by atoms with Crippen molar-refractivity contribution in [3.63, 3.8) is 0 Å². The molecule has 2 fully saturated rings. The number of alkyl halides is 1. The van der Waals surface area contributed by atoms with Crippen molar-refractivity contribution in [3.05, 3.63) is 0 Å². The minimum atomic E-state index is -4.79. The van der Waals surface area contributed by atoms with Gasteiger partial charge in [-0.3, -0.25) is 28.6 Å². The van der Waals surface area contributed by atoms with Crippen LogP contribution in [-0.2, 0) is 29.5 Å². The minimum absolute atomic E-state index is 0.0696. The van der Waals surface area contributed by atoms with E-state index in [1.165, 1.54) is 11.2 Å². The summed E-state index contributed by atoms with van der Waals surface area (Å²) in [6, 6.07) is -3.65. The van der Waals surface area contributed by atoms with E-state index < -0.39 is 63.3 Å². The fourth-order valence-electron chi connectivity index (χ4n) is 2.87. The van der Waals surface area contributed by atoms with E-state index in [-0.39, 0.29) is 17.4 Å². The van der Waals surface area contributed by atoms with E-state index in [0.717, 1.165) is 11.8 Å². The second-order valence-electron chi connectivity index (χ2n) is 6.22.